The SMILES string of the molecule is CN(C(=O)c1cn2c(-c3ccc(NC(=O)O)cc3)cnc2cc1C#N)c1ccc(Cl)cc1. The molecule has 8 nitrogen and oxygen atoms in total. The molecule has 0 aliphatic carbocycles. The van der Waals surface area contributed by atoms with E-state index in [0.717, 1.165) is 5.56 Å². The first-order chi connectivity index (χ1) is 15.4. The molecule has 4 aromatic rings. The third-order valence-corrected chi connectivity index (χ3v) is 5.20. The molecule has 0 aliphatic heterocycles. The summed E-state index contributed by atoms with van der Waals surface area (Å²) in [7, 11) is 1.62. The van der Waals surface area contributed by atoms with Crippen LogP contribution in [-0.4, -0.2) is 33.5 Å². The van der Waals surface area contributed by atoms with Crippen LogP contribution >= 0.6 is 11.6 Å². The molecule has 4 rings (SSSR count). The van der Waals surface area contributed by atoms with Gasteiger partial charge in [-0.1, -0.05) is 23.7 Å². The molecule has 9 heteroatoms. The molecule has 2 aromatic heterocycles. The average Bonchev–Trinajstić information content (AvgIpc) is 3.20. The van der Waals surface area contributed by atoms with Gasteiger partial charge < -0.3 is 10.0 Å². The average molecular weight is 446 g/mol. The van der Waals surface area contributed by atoms with Gasteiger partial charge in [-0.15, -0.1) is 0 Å². The molecule has 2 heterocycles. The number of pyridine rings is 1. The summed E-state index contributed by atoms with van der Waals surface area (Å²) in [6.45, 7) is 0. The van der Waals surface area contributed by atoms with Gasteiger partial charge in [-0.25, -0.2) is 9.78 Å². The van der Waals surface area contributed by atoms with Crippen LogP contribution in [0.3, 0.4) is 0 Å². The van der Waals surface area contributed by atoms with E-state index >= 15 is 0 Å². The van der Waals surface area contributed by atoms with Crippen LogP contribution in [0.4, 0.5) is 16.2 Å². The van der Waals surface area contributed by atoms with Crippen molar-refractivity contribution >= 4 is 40.6 Å². The lowest BCUT2D eigenvalue weighted by Gasteiger charge is -2.18. The van der Waals surface area contributed by atoms with Crippen molar-refractivity contribution in [1.82, 2.24) is 9.38 Å². The molecule has 0 radical (unpaired) electrons. The van der Waals surface area contributed by atoms with Gasteiger partial charge in [0.05, 0.1) is 23.0 Å². The first kappa shape index (κ1) is 20.9. The van der Waals surface area contributed by atoms with Crippen LogP contribution < -0.4 is 10.2 Å². The van der Waals surface area contributed by atoms with Crippen molar-refractivity contribution < 1.29 is 14.7 Å². The quantitative estimate of drug-likeness (QED) is 0.464. The second-order valence-corrected chi connectivity index (χ2v) is 7.37. The molecule has 0 spiro atoms. The Balaban J connectivity index is 1.75. The van der Waals surface area contributed by atoms with E-state index in [0.29, 0.717) is 27.7 Å². The Morgan fingerprint density at radius 3 is 2.47 bits per heavy atom. The molecule has 0 saturated heterocycles. The van der Waals surface area contributed by atoms with Gasteiger partial charge in [0, 0.05) is 35.2 Å². The van der Waals surface area contributed by atoms with Crippen LogP contribution in [-0.2, 0) is 0 Å². The summed E-state index contributed by atoms with van der Waals surface area (Å²) in [5.74, 6) is -0.355. The van der Waals surface area contributed by atoms with Crippen molar-refractivity contribution in [2.24, 2.45) is 0 Å². The van der Waals surface area contributed by atoms with E-state index in [2.05, 4.69) is 16.4 Å². The van der Waals surface area contributed by atoms with Gasteiger partial charge in [-0.05, 0) is 42.5 Å². The van der Waals surface area contributed by atoms with Crippen LogP contribution in [0.5, 0.6) is 0 Å². The van der Waals surface area contributed by atoms with Crippen molar-refractivity contribution in [3.05, 3.63) is 83.1 Å². The first-order valence-corrected chi connectivity index (χ1v) is 9.80. The number of carbonyl (C=O) groups excluding carboxylic acids is 1. The summed E-state index contributed by atoms with van der Waals surface area (Å²) < 4.78 is 1.73. The molecule has 0 saturated carbocycles. The van der Waals surface area contributed by atoms with Crippen molar-refractivity contribution in [2.45, 2.75) is 0 Å². The maximum absolute atomic E-state index is 13.2. The fourth-order valence-electron chi connectivity index (χ4n) is 3.31. The summed E-state index contributed by atoms with van der Waals surface area (Å²) >= 11 is 5.93. The number of anilines is 2. The molecule has 158 valence electrons. The Morgan fingerprint density at radius 2 is 1.84 bits per heavy atom. The Labute approximate surface area is 187 Å². The fraction of sp³-hybridized carbons (Fsp3) is 0.0435. The van der Waals surface area contributed by atoms with Crippen LogP contribution in [0, 0.1) is 11.3 Å². The standard InChI is InChI=1S/C23H16ClN5O3/c1-28(18-8-4-16(24)5-9-18)22(30)19-13-29-20(12-26-21(29)10-15(19)11-25)14-2-6-17(7-3-14)27-23(31)32/h2-10,12-13,27H,1H3,(H,31,32). The van der Waals surface area contributed by atoms with Gasteiger partial charge in [-0.2, -0.15) is 5.26 Å². The molecule has 2 N–H and O–H groups in total. The summed E-state index contributed by atoms with van der Waals surface area (Å²) in [6, 6.07) is 17.2. The molecule has 0 bridgehead atoms. The molecule has 0 fully saturated rings. The Kier molecular flexibility index (Phi) is 5.50. The largest absolute Gasteiger partial charge is 0.465 e. The summed E-state index contributed by atoms with van der Waals surface area (Å²) in [6.07, 6.45) is 2.08. The molecule has 0 aliphatic rings. The zero-order chi connectivity index (χ0) is 22.8. The molecular weight excluding hydrogens is 430 g/mol. The number of halogens is 1. The summed E-state index contributed by atoms with van der Waals surface area (Å²) in [4.78, 5) is 29.8. The second kappa shape index (κ2) is 8.41. The van der Waals surface area contributed by atoms with Crippen molar-refractivity contribution in [3.63, 3.8) is 0 Å². The molecule has 32 heavy (non-hydrogen) atoms. The zero-order valence-corrected chi connectivity index (χ0v) is 17.5. The smallest absolute Gasteiger partial charge is 0.409 e. The molecule has 0 unspecified atom stereocenters. The molecular formula is C23H16ClN5O3. The highest BCUT2D eigenvalue weighted by atomic mass is 35.5. The third-order valence-electron chi connectivity index (χ3n) is 4.95. The van der Waals surface area contributed by atoms with Crippen molar-refractivity contribution in [1.29, 1.82) is 5.26 Å². The van der Waals surface area contributed by atoms with Gasteiger partial charge in [0.1, 0.15) is 11.7 Å². The van der Waals surface area contributed by atoms with Crippen LogP contribution in [0.25, 0.3) is 16.9 Å². The predicted molar refractivity (Wildman–Crippen MR) is 121 cm³/mol. The number of imidazole rings is 1. The lowest BCUT2D eigenvalue weighted by Crippen LogP contribution is -2.27. The number of hydrogen-bond acceptors (Lipinski definition) is 4. The number of nitriles is 1. The number of hydrogen-bond donors (Lipinski definition) is 2. The van der Waals surface area contributed by atoms with E-state index in [9.17, 15) is 14.9 Å². The highest BCUT2D eigenvalue weighted by molar-refractivity contribution is 6.30. The second-order valence-electron chi connectivity index (χ2n) is 6.93. The van der Waals surface area contributed by atoms with Gasteiger partial charge >= 0.3 is 6.09 Å². The molecule has 2 aromatic carbocycles. The van der Waals surface area contributed by atoms with E-state index in [1.807, 2.05) is 0 Å². The number of nitrogens with zero attached hydrogens (tertiary/aromatic N) is 4. The number of rotatable bonds is 4. The van der Waals surface area contributed by atoms with Crippen LogP contribution in [0.15, 0.2) is 67.0 Å². The summed E-state index contributed by atoms with van der Waals surface area (Å²) in [5.41, 5.74) is 3.47. The lowest BCUT2D eigenvalue weighted by atomic mass is 10.1. The Bertz CT molecular complexity index is 1370. The maximum atomic E-state index is 13.2. The monoisotopic (exact) mass is 445 g/mol. The predicted octanol–water partition coefficient (Wildman–Crippen LogP) is 4.89. The minimum absolute atomic E-state index is 0.210. The number of carbonyl (C=O) groups is 2. The van der Waals surface area contributed by atoms with E-state index in [1.54, 1.807) is 78.4 Å². The van der Waals surface area contributed by atoms with Gasteiger partial charge in [-0.3, -0.25) is 14.5 Å². The van der Waals surface area contributed by atoms with Gasteiger partial charge in [0.2, 0.25) is 0 Å². The molecule has 0 atom stereocenters. The highest BCUT2D eigenvalue weighted by Gasteiger charge is 2.20. The minimum Gasteiger partial charge on any atom is -0.465 e. The van der Waals surface area contributed by atoms with Crippen LogP contribution in [0.2, 0.25) is 5.02 Å². The number of carboxylic acid groups (broad SMARTS) is 1. The maximum Gasteiger partial charge on any atom is 0.409 e. The van der Waals surface area contributed by atoms with E-state index < -0.39 is 6.09 Å². The number of fused-ring (bicyclic) bond motifs is 1. The van der Waals surface area contributed by atoms with Gasteiger partial charge in [0.15, 0.2) is 0 Å². The Morgan fingerprint density at radius 1 is 1.16 bits per heavy atom. The van der Waals surface area contributed by atoms with Gasteiger partial charge in [0.25, 0.3) is 5.91 Å². The zero-order valence-electron chi connectivity index (χ0n) is 16.8. The normalized spacial score (nSPS) is 10.5. The Hall–Kier alpha value is -4.35. The first-order valence-electron chi connectivity index (χ1n) is 9.42. The number of benzene rings is 2. The highest BCUT2D eigenvalue weighted by Crippen LogP contribution is 2.26. The fourth-order valence-corrected chi connectivity index (χ4v) is 3.44. The van der Waals surface area contributed by atoms with Crippen molar-refractivity contribution in [2.75, 3.05) is 17.3 Å². The van der Waals surface area contributed by atoms with Crippen LogP contribution in [0.1, 0.15) is 15.9 Å². The summed E-state index contributed by atoms with van der Waals surface area (Å²) in [5, 5.41) is 21.3. The topological polar surface area (TPSA) is 111 Å². The minimum atomic E-state index is -1.15. The number of aromatic nitrogens is 2. The molecule has 2 amide bonds. The van der Waals surface area contributed by atoms with Crippen molar-refractivity contribution in [3.8, 4) is 17.3 Å². The number of amides is 2. The lowest BCUT2D eigenvalue weighted by molar-refractivity contribution is 0.0992. The van der Waals surface area contributed by atoms with E-state index in [-0.39, 0.29) is 17.0 Å². The van der Waals surface area contributed by atoms with E-state index in [4.69, 9.17) is 16.7 Å². The number of nitrogens with one attached hydrogen (secondary N) is 1. The third kappa shape index (κ3) is 3.97. The van der Waals surface area contributed by atoms with E-state index in [1.165, 1.54) is 4.90 Å².